The first-order valence-corrected chi connectivity index (χ1v) is 8.20. The zero-order chi connectivity index (χ0) is 14.6. The molecule has 0 aliphatic heterocycles. The summed E-state index contributed by atoms with van der Waals surface area (Å²) in [5, 5.41) is 3.20. The number of nitrogens with one attached hydrogen (secondary N) is 1. The van der Waals surface area contributed by atoms with Crippen molar-refractivity contribution >= 4 is 15.5 Å². The molecule has 0 aliphatic carbocycles. The average Bonchev–Trinajstić information content (AvgIpc) is 2.45. The van der Waals surface area contributed by atoms with Crippen molar-refractivity contribution in [2.75, 3.05) is 18.1 Å². The molecule has 0 saturated carbocycles. The molecule has 5 heteroatoms. The minimum Gasteiger partial charge on any atom is -0.383 e. The summed E-state index contributed by atoms with van der Waals surface area (Å²) in [5.41, 5.74) is 8.00. The van der Waals surface area contributed by atoms with Gasteiger partial charge in [-0.1, -0.05) is 30.3 Å². The Labute approximate surface area is 119 Å². The molecule has 1 unspecified atom stereocenters. The van der Waals surface area contributed by atoms with Crippen LogP contribution in [0, 0.1) is 0 Å². The predicted octanol–water partition coefficient (Wildman–Crippen LogP) is 2.20. The van der Waals surface area contributed by atoms with E-state index < -0.39 is 9.84 Å². The first-order chi connectivity index (χ1) is 9.47. The zero-order valence-corrected chi connectivity index (χ0v) is 12.1. The van der Waals surface area contributed by atoms with Gasteiger partial charge in [-0.15, -0.1) is 0 Å². The third-order valence-corrected chi connectivity index (χ3v) is 4.16. The third-order valence-electron chi connectivity index (χ3n) is 3.04. The summed E-state index contributed by atoms with van der Waals surface area (Å²) in [6, 6.07) is 16.4. The fourth-order valence-electron chi connectivity index (χ4n) is 1.87. The van der Waals surface area contributed by atoms with Crippen LogP contribution in [0.2, 0.25) is 0 Å². The van der Waals surface area contributed by atoms with Crippen LogP contribution in [-0.4, -0.2) is 21.2 Å². The maximum absolute atomic E-state index is 11.4. The van der Waals surface area contributed by atoms with E-state index in [1.54, 1.807) is 24.3 Å². The lowest BCUT2D eigenvalue weighted by molar-refractivity contribution is 0.602. The molecule has 0 saturated heterocycles. The van der Waals surface area contributed by atoms with E-state index in [-0.39, 0.29) is 6.04 Å². The van der Waals surface area contributed by atoms with Gasteiger partial charge >= 0.3 is 0 Å². The first kappa shape index (κ1) is 14.6. The standard InChI is InChI=1S/C15H18N2O2S/c1-20(18,19)14-9-7-13(8-10-14)17-11-15(16)12-5-3-2-4-6-12/h2-10,15,17H,11,16H2,1H3. The number of anilines is 1. The van der Waals surface area contributed by atoms with Gasteiger partial charge in [-0.25, -0.2) is 8.42 Å². The molecule has 0 fully saturated rings. The minimum absolute atomic E-state index is 0.106. The molecule has 0 heterocycles. The Balaban J connectivity index is 1.98. The van der Waals surface area contributed by atoms with E-state index in [2.05, 4.69) is 5.32 Å². The van der Waals surface area contributed by atoms with Gasteiger partial charge in [0.15, 0.2) is 9.84 Å². The van der Waals surface area contributed by atoms with E-state index in [4.69, 9.17) is 5.73 Å². The van der Waals surface area contributed by atoms with Crippen LogP contribution in [0.3, 0.4) is 0 Å². The van der Waals surface area contributed by atoms with Crippen LogP contribution in [-0.2, 0) is 9.84 Å². The van der Waals surface area contributed by atoms with E-state index in [9.17, 15) is 8.42 Å². The Kier molecular flexibility index (Phi) is 4.42. The molecular weight excluding hydrogens is 272 g/mol. The van der Waals surface area contributed by atoms with Gasteiger partial charge in [0.25, 0.3) is 0 Å². The van der Waals surface area contributed by atoms with Crippen molar-refractivity contribution < 1.29 is 8.42 Å². The van der Waals surface area contributed by atoms with Gasteiger partial charge in [-0.2, -0.15) is 0 Å². The minimum atomic E-state index is -3.15. The van der Waals surface area contributed by atoms with Crippen LogP contribution < -0.4 is 11.1 Å². The summed E-state index contributed by atoms with van der Waals surface area (Å²) in [5.74, 6) is 0. The number of rotatable bonds is 5. The monoisotopic (exact) mass is 290 g/mol. The lowest BCUT2D eigenvalue weighted by Gasteiger charge is -2.14. The smallest absolute Gasteiger partial charge is 0.175 e. The van der Waals surface area contributed by atoms with E-state index in [0.717, 1.165) is 11.3 Å². The molecular formula is C15H18N2O2S. The maximum Gasteiger partial charge on any atom is 0.175 e. The second-order valence-corrected chi connectivity index (χ2v) is 6.71. The van der Waals surface area contributed by atoms with Crippen molar-refractivity contribution in [1.82, 2.24) is 0 Å². The highest BCUT2D eigenvalue weighted by Gasteiger charge is 2.07. The summed E-state index contributed by atoms with van der Waals surface area (Å²) in [7, 11) is -3.15. The summed E-state index contributed by atoms with van der Waals surface area (Å²) >= 11 is 0. The van der Waals surface area contributed by atoms with Crippen LogP contribution in [0.1, 0.15) is 11.6 Å². The number of benzene rings is 2. The summed E-state index contributed by atoms with van der Waals surface area (Å²) < 4.78 is 22.7. The van der Waals surface area contributed by atoms with Crippen LogP contribution in [0.15, 0.2) is 59.5 Å². The molecule has 0 spiro atoms. The topological polar surface area (TPSA) is 72.2 Å². The Morgan fingerprint density at radius 1 is 1.05 bits per heavy atom. The van der Waals surface area contributed by atoms with E-state index in [1.165, 1.54) is 6.26 Å². The number of hydrogen-bond donors (Lipinski definition) is 2. The Morgan fingerprint density at radius 2 is 1.65 bits per heavy atom. The van der Waals surface area contributed by atoms with Gasteiger partial charge in [0.2, 0.25) is 0 Å². The molecule has 20 heavy (non-hydrogen) atoms. The Morgan fingerprint density at radius 3 is 2.20 bits per heavy atom. The second-order valence-electron chi connectivity index (χ2n) is 4.69. The number of nitrogens with two attached hydrogens (primary N) is 1. The highest BCUT2D eigenvalue weighted by molar-refractivity contribution is 7.90. The van der Waals surface area contributed by atoms with Crippen molar-refractivity contribution in [1.29, 1.82) is 0 Å². The summed E-state index contributed by atoms with van der Waals surface area (Å²) in [4.78, 5) is 0.315. The highest BCUT2D eigenvalue weighted by Crippen LogP contribution is 2.15. The fraction of sp³-hybridized carbons (Fsp3) is 0.200. The average molecular weight is 290 g/mol. The molecule has 0 aliphatic rings. The highest BCUT2D eigenvalue weighted by atomic mass is 32.2. The largest absolute Gasteiger partial charge is 0.383 e. The lowest BCUT2D eigenvalue weighted by atomic mass is 10.1. The molecule has 0 amide bonds. The molecule has 3 N–H and O–H groups in total. The third kappa shape index (κ3) is 3.82. The molecule has 4 nitrogen and oxygen atoms in total. The van der Waals surface area contributed by atoms with Crippen molar-refractivity contribution in [2.45, 2.75) is 10.9 Å². The maximum atomic E-state index is 11.4. The van der Waals surface area contributed by atoms with E-state index in [0.29, 0.717) is 11.4 Å². The normalized spacial score (nSPS) is 12.9. The molecule has 2 aromatic rings. The predicted molar refractivity (Wildman–Crippen MR) is 81.4 cm³/mol. The van der Waals surface area contributed by atoms with Crippen molar-refractivity contribution in [3.8, 4) is 0 Å². The van der Waals surface area contributed by atoms with Crippen molar-refractivity contribution in [2.24, 2.45) is 5.73 Å². The quantitative estimate of drug-likeness (QED) is 0.885. The van der Waals surface area contributed by atoms with Crippen LogP contribution in [0.4, 0.5) is 5.69 Å². The van der Waals surface area contributed by atoms with Crippen LogP contribution >= 0.6 is 0 Å². The fourth-order valence-corrected chi connectivity index (χ4v) is 2.50. The molecule has 0 bridgehead atoms. The van der Waals surface area contributed by atoms with Crippen LogP contribution in [0.5, 0.6) is 0 Å². The molecule has 2 rings (SSSR count). The number of hydrogen-bond acceptors (Lipinski definition) is 4. The van der Waals surface area contributed by atoms with Gasteiger partial charge in [0, 0.05) is 24.5 Å². The van der Waals surface area contributed by atoms with E-state index >= 15 is 0 Å². The summed E-state index contributed by atoms with van der Waals surface area (Å²) in [6.45, 7) is 0.586. The molecule has 106 valence electrons. The Hall–Kier alpha value is -1.85. The summed E-state index contributed by atoms with van der Waals surface area (Å²) in [6.07, 6.45) is 1.20. The second kappa shape index (κ2) is 6.07. The SMILES string of the molecule is CS(=O)(=O)c1ccc(NCC(N)c2ccccc2)cc1. The van der Waals surface area contributed by atoms with E-state index in [1.807, 2.05) is 30.3 Å². The van der Waals surface area contributed by atoms with Gasteiger partial charge < -0.3 is 11.1 Å². The molecule has 0 aromatic heterocycles. The van der Waals surface area contributed by atoms with Crippen molar-refractivity contribution in [3.05, 3.63) is 60.2 Å². The number of sulfone groups is 1. The van der Waals surface area contributed by atoms with Gasteiger partial charge in [0.1, 0.15) is 0 Å². The molecule has 0 radical (unpaired) electrons. The zero-order valence-electron chi connectivity index (χ0n) is 11.3. The van der Waals surface area contributed by atoms with Gasteiger partial charge in [-0.3, -0.25) is 0 Å². The van der Waals surface area contributed by atoms with Crippen molar-refractivity contribution in [3.63, 3.8) is 0 Å². The molecule has 1 atom stereocenters. The molecule has 2 aromatic carbocycles. The van der Waals surface area contributed by atoms with Gasteiger partial charge in [-0.05, 0) is 29.8 Å². The van der Waals surface area contributed by atoms with Gasteiger partial charge in [0.05, 0.1) is 4.90 Å². The van der Waals surface area contributed by atoms with Crippen LogP contribution in [0.25, 0.3) is 0 Å². The first-order valence-electron chi connectivity index (χ1n) is 6.31. The lowest BCUT2D eigenvalue weighted by Crippen LogP contribution is -2.20. The Bertz CT molecular complexity index is 652.